The highest BCUT2D eigenvalue weighted by molar-refractivity contribution is 14.0. The number of amides is 2. The Balaban J connectivity index is 0.00000363. The molecular weight excluding hydrogens is 517 g/mol. The Hall–Kier alpha value is -1.84. The van der Waals surface area contributed by atoms with Crippen molar-refractivity contribution in [1.82, 2.24) is 15.5 Å². The molecule has 2 aliphatic rings. The van der Waals surface area contributed by atoms with Gasteiger partial charge in [-0.3, -0.25) is 14.6 Å². The second-order valence-corrected chi connectivity index (χ2v) is 9.17. The fourth-order valence-corrected chi connectivity index (χ4v) is 4.42. The summed E-state index contributed by atoms with van der Waals surface area (Å²) in [5, 5.41) is 9.76. The number of benzene rings is 1. The maximum absolute atomic E-state index is 12.6. The lowest BCUT2D eigenvalue weighted by Gasteiger charge is -2.21. The van der Waals surface area contributed by atoms with Crippen LogP contribution >= 0.6 is 24.0 Å². The zero-order valence-corrected chi connectivity index (χ0v) is 21.9. The molecule has 1 aliphatic carbocycles. The third-order valence-electron chi connectivity index (χ3n) is 6.03. The van der Waals surface area contributed by atoms with Crippen LogP contribution in [0.25, 0.3) is 0 Å². The van der Waals surface area contributed by atoms with E-state index in [0.29, 0.717) is 24.8 Å². The minimum Gasteiger partial charge on any atom is -0.352 e. The van der Waals surface area contributed by atoms with E-state index in [1.54, 1.807) is 7.05 Å². The first-order chi connectivity index (χ1) is 14.9. The largest absolute Gasteiger partial charge is 0.352 e. The number of rotatable bonds is 7. The van der Waals surface area contributed by atoms with E-state index in [1.165, 1.54) is 12.8 Å². The number of likely N-dealkylation sites (tertiary alicyclic amines) is 1. The smallest absolute Gasteiger partial charge is 0.225 e. The molecule has 178 valence electrons. The number of nitrogens with one attached hydrogen (secondary N) is 3. The second kappa shape index (κ2) is 13.0. The van der Waals surface area contributed by atoms with Gasteiger partial charge in [0.25, 0.3) is 0 Å². The summed E-state index contributed by atoms with van der Waals surface area (Å²) in [6.07, 6.45) is 5.93. The Kier molecular flexibility index (Phi) is 10.7. The van der Waals surface area contributed by atoms with Crippen LogP contribution in [0.5, 0.6) is 0 Å². The summed E-state index contributed by atoms with van der Waals surface area (Å²) in [6.45, 7) is 6.24. The standard InChI is InChI=1S/C24H37N5O2.HI/c1-17(2)13-22(30)27-20-10-6-7-18(14-20)15-26-24(25-3)28-21-11-12-29(16-21)23(31)19-8-4-5-9-19;/h6-7,10,14,17,19,21H,4-5,8-9,11-13,15-16H2,1-3H3,(H,27,30)(H2,25,26,28);1H. The molecule has 7 nitrogen and oxygen atoms in total. The van der Waals surface area contributed by atoms with Crippen LogP contribution in [0.2, 0.25) is 0 Å². The molecule has 2 amide bonds. The molecule has 0 bridgehead atoms. The van der Waals surface area contributed by atoms with Crippen LogP contribution in [0.1, 0.15) is 57.9 Å². The Morgan fingerprint density at radius 3 is 2.62 bits per heavy atom. The van der Waals surface area contributed by atoms with E-state index in [9.17, 15) is 9.59 Å². The fourth-order valence-electron chi connectivity index (χ4n) is 4.42. The number of carbonyl (C=O) groups excluding carboxylic acids is 2. The molecule has 1 saturated heterocycles. The minimum atomic E-state index is 0. The van der Waals surface area contributed by atoms with Gasteiger partial charge >= 0.3 is 0 Å². The van der Waals surface area contributed by atoms with Crippen LogP contribution in [-0.2, 0) is 16.1 Å². The predicted octanol–water partition coefficient (Wildman–Crippen LogP) is 3.75. The number of guanidine groups is 1. The van der Waals surface area contributed by atoms with E-state index in [2.05, 4.69) is 20.9 Å². The molecule has 0 spiro atoms. The molecule has 1 aromatic carbocycles. The van der Waals surface area contributed by atoms with Gasteiger partial charge in [-0.1, -0.05) is 38.8 Å². The Labute approximate surface area is 209 Å². The second-order valence-electron chi connectivity index (χ2n) is 9.17. The van der Waals surface area contributed by atoms with Gasteiger partial charge in [0.05, 0.1) is 0 Å². The number of nitrogens with zero attached hydrogens (tertiary/aromatic N) is 2. The molecule has 1 atom stereocenters. The zero-order chi connectivity index (χ0) is 22.2. The Morgan fingerprint density at radius 1 is 1.19 bits per heavy atom. The van der Waals surface area contributed by atoms with E-state index >= 15 is 0 Å². The average molecular weight is 556 g/mol. The van der Waals surface area contributed by atoms with Crippen LogP contribution in [0.15, 0.2) is 29.3 Å². The van der Waals surface area contributed by atoms with Crippen molar-refractivity contribution < 1.29 is 9.59 Å². The quantitative estimate of drug-likeness (QED) is 0.272. The van der Waals surface area contributed by atoms with E-state index in [4.69, 9.17) is 0 Å². The van der Waals surface area contributed by atoms with E-state index in [-0.39, 0.29) is 41.8 Å². The molecule has 1 saturated carbocycles. The Morgan fingerprint density at radius 2 is 1.94 bits per heavy atom. The van der Waals surface area contributed by atoms with E-state index in [0.717, 1.165) is 49.6 Å². The van der Waals surface area contributed by atoms with E-state index < -0.39 is 0 Å². The van der Waals surface area contributed by atoms with Crippen molar-refractivity contribution in [2.45, 2.75) is 65.0 Å². The number of anilines is 1. The molecule has 3 N–H and O–H groups in total. The van der Waals surface area contributed by atoms with Crippen molar-refractivity contribution in [3.8, 4) is 0 Å². The molecular formula is C24H38IN5O2. The third-order valence-corrected chi connectivity index (χ3v) is 6.03. The lowest BCUT2D eigenvalue weighted by atomic mass is 10.1. The summed E-state index contributed by atoms with van der Waals surface area (Å²) in [5.41, 5.74) is 1.87. The average Bonchev–Trinajstić information content (AvgIpc) is 3.42. The van der Waals surface area contributed by atoms with Gasteiger partial charge in [-0.15, -0.1) is 24.0 Å². The maximum atomic E-state index is 12.6. The van der Waals surface area contributed by atoms with Gasteiger partial charge in [-0.2, -0.15) is 0 Å². The lowest BCUT2D eigenvalue weighted by molar-refractivity contribution is -0.134. The van der Waals surface area contributed by atoms with Gasteiger partial charge in [-0.05, 0) is 42.9 Å². The van der Waals surface area contributed by atoms with Crippen molar-refractivity contribution in [3.05, 3.63) is 29.8 Å². The molecule has 0 radical (unpaired) electrons. The zero-order valence-electron chi connectivity index (χ0n) is 19.5. The van der Waals surface area contributed by atoms with Crippen LogP contribution in [0.4, 0.5) is 5.69 Å². The van der Waals surface area contributed by atoms with Gasteiger partial charge in [0.2, 0.25) is 11.8 Å². The van der Waals surface area contributed by atoms with Crippen molar-refractivity contribution in [3.63, 3.8) is 0 Å². The van der Waals surface area contributed by atoms with Crippen LogP contribution < -0.4 is 16.0 Å². The summed E-state index contributed by atoms with van der Waals surface area (Å²) >= 11 is 0. The van der Waals surface area contributed by atoms with Crippen molar-refractivity contribution in [2.75, 3.05) is 25.5 Å². The summed E-state index contributed by atoms with van der Waals surface area (Å²) in [4.78, 5) is 31.0. The van der Waals surface area contributed by atoms with Crippen molar-refractivity contribution in [2.24, 2.45) is 16.8 Å². The number of halogens is 1. The molecule has 1 heterocycles. The predicted molar refractivity (Wildman–Crippen MR) is 140 cm³/mol. The summed E-state index contributed by atoms with van der Waals surface area (Å²) in [7, 11) is 1.76. The van der Waals surface area contributed by atoms with Crippen molar-refractivity contribution in [1.29, 1.82) is 0 Å². The molecule has 0 aromatic heterocycles. The van der Waals surface area contributed by atoms with Gasteiger partial charge in [0.15, 0.2) is 5.96 Å². The monoisotopic (exact) mass is 555 g/mol. The number of hydrogen-bond donors (Lipinski definition) is 3. The minimum absolute atomic E-state index is 0. The van der Waals surface area contributed by atoms with Crippen LogP contribution in [-0.4, -0.2) is 48.9 Å². The topological polar surface area (TPSA) is 85.8 Å². The first-order valence-corrected chi connectivity index (χ1v) is 11.6. The van der Waals surface area contributed by atoms with Gasteiger partial charge in [0.1, 0.15) is 0 Å². The molecule has 3 rings (SSSR count). The molecule has 1 aromatic rings. The lowest BCUT2D eigenvalue weighted by Crippen LogP contribution is -2.45. The van der Waals surface area contributed by atoms with Crippen LogP contribution in [0, 0.1) is 11.8 Å². The summed E-state index contributed by atoms with van der Waals surface area (Å²) in [6, 6.07) is 8.08. The van der Waals surface area contributed by atoms with Gasteiger partial charge in [-0.25, -0.2) is 0 Å². The highest BCUT2D eigenvalue weighted by Gasteiger charge is 2.32. The molecule has 32 heavy (non-hydrogen) atoms. The Bertz CT molecular complexity index is 792. The molecule has 2 fully saturated rings. The highest BCUT2D eigenvalue weighted by atomic mass is 127. The number of aliphatic imine (C=N–C) groups is 1. The normalized spacial score (nSPS) is 19.1. The first kappa shape index (κ1) is 26.4. The number of hydrogen-bond acceptors (Lipinski definition) is 3. The third kappa shape index (κ3) is 7.94. The van der Waals surface area contributed by atoms with Crippen LogP contribution in [0.3, 0.4) is 0 Å². The van der Waals surface area contributed by atoms with E-state index in [1.807, 2.05) is 43.0 Å². The molecule has 1 unspecified atom stereocenters. The van der Waals surface area contributed by atoms with Gasteiger partial charge in [0, 0.05) is 50.7 Å². The molecule has 1 aliphatic heterocycles. The fraction of sp³-hybridized carbons (Fsp3) is 0.625. The molecule has 8 heteroatoms. The van der Waals surface area contributed by atoms with Crippen molar-refractivity contribution >= 4 is 47.4 Å². The number of carbonyl (C=O) groups is 2. The SMILES string of the molecule is CN=C(NCc1cccc(NC(=O)CC(C)C)c1)NC1CCN(C(=O)C2CCCC2)C1.I. The summed E-state index contributed by atoms with van der Waals surface area (Å²) in [5.74, 6) is 1.68. The maximum Gasteiger partial charge on any atom is 0.225 e. The van der Waals surface area contributed by atoms with Gasteiger partial charge < -0.3 is 20.9 Å². The summed E-state index contributed by atoms with van der Waals surface area (Å²) < 4.78 is 0. The first-order valence-electron chi connectivity index (χ1n) is 11.6. The highest BCUT2D eigenvalue weighted by Crippen LogP contribution is 2.27.